The molecule has 13 nitrogen and oxygen atoms in total. The Hall–Kier alpha value is -3.04. The Morgan fingerprint density at radius 3 is 2.31 bits per heavy atom. The van der Waals surface area contributed by atoms with Crippen LogP contribution in [0, 0.1) is 0 Å². The third kappa shape index (κ3) is 8.73. The average molecular weight is 583 g/mol. The molecule has 2 aromatic heterocycles. The van der Waals surface area contributed by atoms with Crippen molar-refractivity contribution in [3.8, 4) is 0 Å². The number of imidazole rings is 1. The first-order chi connectivity index (χ1) is 18.6. The van der Waals surface area contributed by atoms with Crippen molar-refractivity contribution in [3.63, 3.8) is 0 Å². The van der Waals surface area contributed by atoms with Gasteiger partial charge in [0.25, 0.3) is 0 Å². The van der Waals surface area contributed by atoms with Gasteiger partial charge in [-0.3, -0.25) is 19.0 Å². The summed E-state index contributed by atoms with van der Waals surface area (Å²) in [5, 5.41) is 6.70. The van der Waals surface area contributed by atoms with E-state index >= 15 is 0 Å². The maximum absolute atomic E-state index is 12.0. The summed E-state index contributed by atoms with van der Waals surface area (Å²) < 4.78 is 23.7. The molecule has 3 heterocycles. The minimum atomic E-state index is -1.06. The molecule has 39 heavy (non-hydrogen) atoms. The van der Waals surface area contributed by atoms with Crippen molar-refractivity contribution in [3.05, 3.63) is 6.33 Å². The highest BCUT2D eigenvalue weighted by Gasteiger charge is 2.51. The lowest BCUT2D eigenvalue weighted by molar-refractivity contribution is -0.166. The number of unbranched alkanes of at least 4 members (excludes halogenated alkanes) is 3. The molecule has 1 fully saturated rings. The molecular weight excluding hydrogens is 548 g/mol. The SMILES string of the molecule is CC(=O)OC[C@H]1OC(n2cnc3c(S)nc(NCCCCCCNC(C)=S)nc32)C(OC(C)=O)[C@H]1OC(C)=O. The van der Waals surface area contributed by atoms with E-state index in [9.17, 15) is 14.4 Å². The van der Waals surface area contributed by atoms with Gasteiger partial charge >= 0.3 is 17.9 Å². The second kappa shape index (κ2) is 14.4. The molecule has 2 aromatic rings. The van der Waals surface area contributed by atoms with Crippen LogP contribution in [0.15, 0.2) is 11.4 Å². The van der Waals surface area contributed by atoms with Crippen molar-refractivity contribution in [1.29, 1.82) is 0 Å². The Bertz CT molecular complexity index is 1190. The van der Waals surface area contributed by atoms with Gasteiger partial charge in [-0.2, -0.15) is 4.98 Å². The number of esters is 3. The van der Waals surface area contributed by atoms with Crippen molar-refractivity contribution in [2.75, 3.05) is 25.0 Å². The van der Waals surface area contributed by atoms with Gasteiger partial charge in [0.2, 0.25) is 5.95 Å². The molecule has 3 rings (SSSR count). The number of thiocarbonyl (C=S) groups is 1. The number of aromatic nitrogens is 4. The molecule has 4 atom stereocenters. The third-order valence-corrected chi connectivity index (χ3v) is 6.23. The number of carbonyl (C=O) groups is 3. The number of anilines is 1. The van der Waals surface area contributed by atoms with Crippen LogP contribution in [0.3, 0.4) is 0 Å². The fourth-order valence-electron chi connectivity index (χ4n) is 4.15. The van der Waals surface area contributed by atoms with Gasteiger partial charge in [-0.1, -0.05) is 25.1 Å². The Kier molecular flexibility index (Phi) is 11.2. The zero-order chi connectivity index (χ0) is 28.5. The summed E-state index contributed by atoms with van der Waals surface area (Å²) in [5.41, 5.74) is 0.777. The molecular formula is C24H34N6O7S2. The van der Waals surface area contributed by atoms with Crippen LogP contribution in [0.4, 0.5) is 5.95 Å². The van der Waals surface area contributed by atoms with Crippen LogP contribution in [0.2, 0.25) is 0 Å². The normalized spacial score (nSPS) is 20.4. The molecule has 214 valence electrons. The fraction of sp³-hybridized carbons (Fsp3) is 0.625. The maximum Gasteiger partial charge on any atom is 0.303 e. The predicted molar refractivity (Wildman–Crippen MR) is 147 cm³/mol. The molecule has 0 saturated carbocycles. The number of hydrogen-bond donors (Lipinski definition) is 3. The zero-order valence-electron chi connectivity index (χ0n) is 22.3. The Morgan fingerprint density at radius 2 is 1.67 bits per heavy atom. The number of nitrogens with one attached hydrogen (secondary N) is 2. The molecule has 1 aliphatic heterocycles. The summed E-state index contributed by atoms with van der Waals surface area (Å²) in [4.78, 5) is 49.4. The van der Waals surface area contributed by atoms with E-state index < -0.39 is 42.4 Å². The molecule has 0 spiro atoms. The standard InChI is InChI=1S/C24H34N6O7S2/c1-13(38)25-9-7-5-6-8-10-26-24-28-21-18(22(39)29-24)27-12-30(21)23-20(36-16(4)33)19(35-15(3)32)17(37-23)11-34-14(2)31/h12,17,19-20,23H,5-11H2,1-4H3,(H,25,38)(H2,26,28,29,39)/t17-,19+,20?,23?/m1/s1. The monoisotopic (exact) mass is 582 g/mol. The van der Waals surface area contributed by atoms with Crippen molar-refractivity contribution in [2.24, 2.45) is 0 Å². The van der Waals surface area contributed by atoms with Gasteiger partial charge in [-0.15, -0.1) is 12.6 Å². The van der Waals surface area contributed by atoms with Crippen LogP contribution in [-0.2, 0) is 33.3 Å². The minimum Gasteiger partial charge on any atom is -0.463 e. The minimum absolute atomic E-state index is 0.213. The second-order valence-electron chi connectivity index (χ2n) is 9.03. The molecule has 0 amide bonds. The van der Waals surface area contributed by atoms with Gasteiger partial charge in [0, 0.05) is 33.9 Å². The number of thiol groups is 1. The van der Waals surface area contributed by atoms with Crippen LogP contribution < -0.4 is 10.6 Å². The van der Waals surface area contributed by atoms with E-state index in [1.54, 1.807) is 4.57 Å². The van der Waals surface area contributed by atoms with Gasteiger partial charge in [-0.25, -0.2) is 9.97 Å². The molecule has 0 aliphatic carbocycles. The number of ether oxygens (including phenoxy) is 4. The van der Waals surface area contributed by atoms with E-state index in [2.05, 4.69) is 38.2 Å². The zero-order valence-corrected chi connectivity index (χ0v) is 24.0. The first-order valence-corrected chi connectivity index (χ1v) is 13.5. The van der Waals surface area contributed by atoms with E-state index in [4.69, 9.17) is 31.2 Å². The molecule has 0 aromatic carbocycles. The highest BCUT2D eigenvalue weighted by molar-refractivity contribution is 7.80. The lowest BCUT2D eigenvalue weighted by atomic mass is 10.1. The fourth-order valence-corrected chi connectivity index (χ4v) is 4.51. The van der Waals surface area contributed by atoms with Crippen molar-refractivity contribution >= 4 is 64.9 Å². The van der Waals surface area contributed by atoms with E-state index in [1.165, 1.54) is 27.1 Å². The van der Waals surface area contributed by atoms with Crippen LogP contribution in [0.1, 0.15) is 59.6 Å². The molecule has 1 aliphatic rings. The van der Waals surface area contributed by atoms with Crippen molar-refractivity contribution in [2.45, 2.75) is 82.9 Å². The largest absolute Gasteiger partial charge is 0.463 e. The molecule has 2 unspecified atom stereocenters. The maximum atomic E-state index is 12.0. The predicted octanol–water partition coefficient (Wildman–Crippen LogP) is 2.35. The number of rotatable bonds is 13. The highest BCUT2D eigenvalue weighted by atomic mass is 32.1. The second-order valence-corrected chi connectivity index (χ2v) is 10.1. The summed E-state index contributed by atoms with van der Waals surface area (Å²) >= 11 is 9.48. The summed E-state index contributed by atoms with van der Waals surface area (Å²) in [6, 6.07) is 0. The number of hydrogen-bond acceptors (Lipinski definition) is 13. The van der Waals surface area contributed by atoms with E-state index in [0.29, 0.717) is 28.7 Å². The van der Waals surface area contributed by atoms with Crippen LogP contribution >= 0.6 is 24.8 Å². The molecule has 2 N–H and O–H groups in total. The highest BCUT2D eigenvalue weighted by Crippen LogP contribution is 2.36. The Morgan fingerprint density at radius 1 is 1.00 bits per heavy atom. The Labute approximate surface area is 237 Å². The summed E-state index contributed by atoms with van der Waals surface area (Å²) in [6.45, 7) is 6.89. The molecule has 15 heteroatoms. The smallest absolute Gasteiger partial charge is 0.303 e. The summed E-state index contributed by atoms with van der Waals surface area (Å²) in [6.07, 6.45) is 1.53. The average Bonchev–Trinajstić information content (AvgIpc) is 3.40. The van der Waals surface area contributed by atoms with Gasteiger partial charge in [0.05, 0.1) is 11.3 Å². The van der Waals surface area contributed by atoms with E-state index in [1.807, 2.05) is 6.92 Å². The van der Waals surface area contributed by atoms with Crippen LogP contribution in [0.25, 0.3) is 11.2 Å². The van der Waals surface area contributed by atoms with E-state index in [-0.39, 0.29) is 6.61 Å². The van der Waals surface area contributed by atoms with Gasteiger partial charge in [0.1, 0.15) is 23.3 Å². The lowest BCUT2D eigenvalue weighted by Crippen LogP contribution is -2.40. The lowest BCUT2D eigenvalue weighted by Gasteiger charge is -2.23. The summed E-state index contributed by atoms with van der Waals surface area (Å²) in [5.74, 6) is -1.41. The van der Waals surface area contributed by atoms with Crippen molar-refractivity contribution in [1.82, 2.24) is 24.8 Å². The molecule has 0 bridgehead atoms. The first-order valence-electron chi connectivity index (χ1n) is 12.6. The third-order valence-electron chi connectivity index (χ3n) is 5.78. The van der Waals surface area contributed by atoms with Crippen LogP contribution in [0.5, 0.6) is 0 Å². The number of carbonyl (C=O) groups excluding carboxylic acids is 3. The van der Waals surface area contributed by atoms with Crippen molar-refractivity contribution < 1.29 is 33.3 Å². The van der Waals surface area contributed by atoms with Gasteiger partial charge in [0.15, 0.2) is 24.1 Å². The quantitative estimate of drug-likeness (QED) is 0.0791. The summed E-state index contributed by atoms with van der Waals surface area (Å²) in [7, 11) is 0. The first kappa shape index (κ1) is 30.5. The van der Waals surface area contributed by atoms with Gasteiger partial charge in [-0.05, 0) is 19.8 Å². The van der Waals surface area contributed by atoms with E-state index in [0.717, 1.165) is 37.2 Å². The number of nitrogens with zero attached hydrogens (tertiary/aromatic N) is 4. The topological polar surface area (TPSA) is 156 Å². The molecule has 0 radical (unpaired) electrons. The number of fused-ring (bicyclic) bond motifs is 1. The van der Waals surface area contributed by atoms with Gasteiger partial charge < -0.3 is 29.6 Å². The van der Waals surface area contributed by atoms with Crippen LogP contribution in [-0.4, -0.2) is 80.4 Å². The Balaban J connectivity index is 1.78. The molecule has 1 saturated heterocycles.